The first-order valence-electron chi connectivity index (χ1n) is 8.61. The number of aromatic nitrogens is 3. The molecule has 0 radical (unpaired) electrons. The van der Waals surface area contributed by atoms with Crippen LogP contribution in [0.15, 0.2) is 42.6 Å². The van der Waals surface area contributed by atoms with Crippen LogP contribution >= 0.6 is 11.6 Å². The first-order chi connectivity index (χ1) is 14.0. The van der Waals surface area contributed by atoms with Crippen molar-refractivity contribution in [1.82, 2.24) is 15.0 Å². The molecule has 10 heteroatoms. The van der Waals surface area contributed by atoms with Crippen LogP contribution in [0.4, 0.5) is 11.4 Å². The monoisotopic (exact) mass is 417 g/mol. The van der Waals surface area contributed by atoms with E-state index in [2.05, 4.69) is 20.9 Å². The number of carbonyl (C=O) groups excluding carboxylic acids is 1. The molecule has 0 aliphatic carbocycles. The molecule has 3 rings (SSSR count). The van der Waals surface area contributed by atoms with E-state index < -0.39 is 0 Å². The van der Waals surface area contributed by atoms with E-state index in [1.165, 1.54) is 14.2 Å². The molecule has 0 fully saturated rings. The highest BCUT2D eigenvalue weighted by Gasteiger charge is 2.12. The van der Waals surface area contributed by atoms with E-state index in [0.29, 0.717) is 27.9 Å². The van der Waals surface area contributed by atoms with Gasteiger partial charge in [-0.25, -0.2) is 4.68 Å². The van der Waals surface area contributed by atoms with Gasteiger partial charge in [-0.2, -0.15) is 0 Å². The van der Waals surface area contributed by atoms with Crippen molar-refractivity contribution in [1.29, 1.82) is 0 Å². The van der Waals surface area contributed by atoms with Crippen LogP contribution in [0.3, 0.4) is 0 Å². The summed E-state index contributed by atoms with van der Waals surface area (Å²) in [6.45, 7) is -0.121. The number of hydrogen-bond acceptors (Lipinski definition) is 7. The summed E-state index contributed by atoms with van der Waals surface area (Å²) in [6.07, 6.45) is 1.64. The Balaban J connectivity index is 1.61. The maximum absolute atomic E-state index is 12.3. The number of hydrogen-bond donors (Lipinski definition) is 3. The summed E-state index contributed by atoms with van der Waals surface area (Å²) in [5.74, 6) is 0.605. The summed E-state index contributed by atoms with van der Waals surface area (Å²) in [7, 11) is 2.99. The Morgan fingerprint density at radius 1 is 1.17 bits per heavy atom. The fraction of sp³-hybridized carbons (Fsp3) is 0.211. The lowest BCUT2D eigenvalue weighted by molar-refractivity contribution is -0.114. The molecule has 152 valence electrons. The fourth-order valence-corrected chi connectivity index (χ4v) is 2.79. The van der Waals surface area contributed by atoms with Crippen molar-refractivity contribution in [2.75, 3.05) is 31.4 Å². The quantitative estimate of drug-likeness (QED) is 0.516. The lowest BCUT2D eigenvalue weighted by Crippen LogP contribution is -2.22. The van der Waals surface area contributed by atoms with Crippen molar-refractivity contribution < 1.29 is 19.4 Å². The van der Waals surface area contributed by atoms with Crippen LogP contribution in [0.25, 0.3) is 5.69 Å². The first kappa shape index (κ1) is 20.4. The van der Waals surface area contributed by atoms with Crippen LogP contribution in [0.1, 0.15) is 5.69 Å². The Labute approximate surface area is 172 Å². The van der Waals surface area contributed by atoms with E-state index in [-0.39, 0.29) is 19.1 Å². The summed E-state index contributed by atoms with van der Waals surface area (Å²) in [5.41, 5.74) is 2.48. The lowest BCUT2D eigenvalue weighted by atomic mass is 10.2. The Morgan fingerprint density at radius 2 is 1.90 bits per heavy atom. The van der Waals surface area contributed by atoms with Gasteiger partial charge in [0.15, 0.2) is 0 Å². The van der Waals surface area contributed by atoms with E-state index >= 15 is 0 Å². The molecule has 0 bridgehead atoms. The molecule has 0 unspecified atom stereocenters. The molecule has 0 saturated carbocycles. The van der Waals surface area contributed by atoms with Gasteiger partial charge in [0.2, 0.25) is 5.91 Å². The minimum absolute atomic E-state index is 0.0471. The number of aliphatic hydroxyl groups excluding tert-OH is 1. The van der Waals surface area contributed by atoms with Gasteiger partial charge in [0.25, 0.3) is 0 Å². The largest absolute Gasteiger partial charge is 0.495 e. The molecule has 1 heterocycles. The second-order valence-electron chi connectivity index (χ2n) is 5.95. The Kier molecular flexibility index (Phi) is 6.53. The Hall–Kier alpha value is -3.30. The van der Waals surface area contributed by atoms with E-state index in [1.807, 2.05) is 24.3 Å². The maximum atomic E-state index is 12.3. The number of nitrogens with zero attached hydrogens (tertiary/aromatic N) is 3. The second kappa shape index (κ2) is 9.26. The predicted molar refractivity (Wildman–Crippen MR) is 109 cm³/mol. The molecule has 1 aromatic heterocycles. The third kappa shape index (κ3) is 4.95. The van der Waals surface area contributed by atoms with Gasteiger partial charge < -0.3 is 25.2 Å². The molecule has 0 aliphatic heterocycles. The molecule has 3 N–H and O–H groups in total. The zero-order chi connectivity index (χ0) is 20.8. The van der Waals surface area contributed by atoms with Crippen molar-refractivity contribution in [2.45, 2.75) is 6.61 Å². The van der Waals surface area contributed by atoms with Gasteiger partial charge in [-0.3, -0.25) is 4.79 Å². The number of methoxy groups -OCH3 is 2. The predicted octanol–water partition coefficient (Wildman–Crippen LogP) is 2.48. The minimum Gasteiger partial charge on any atom is -0.495 e. The number of ether oxygens (including phenoxy) is 2. The maximum Gasteiger partial charge on any atom is 0.243 e. The molecule has 9 nitrogen and oxygen atoms in total. The third-order valence-electron chi connectivity index (χ3n) is 4.04. The van der Waals surface area contributed by atoms with E-state index in [9.17, 15) is 4.79 Å². The molecule has 2 aromatic carbocycles. The molecule has 29 heavy (non-hydrogen) atoms. The van der Waals surface area contributed by atoms with Gasteiger partial charge in [0.1, 0.15) is 17.2 Å². The molecule has 1 amide bonds. The number of benzene rings is 2. The van der Waals surface area contributed by atoms with Gasteiger partial charge in [0.05, 0.1) is 50.0 Å². The SMILES string of the molecule is COc1cc(NC(=O)CNc2ccc(-n3cc(CO)nn3)cc2)c(OC)cc1Cl. The molecule has 3 aromatic rings. The lowest BCUT2D eigenvalue weighted by Gasteiger charge is -2.13. The van der Waals surface area contributed by atoms with Crippen LogP contribution in [0.5, 0.6) is 11.5 Å². The number of anilines is 2. The second-order valence-corrected chi connectivity index (χ2v) is 6.36. The van der Waals surface area contributed by atoms with Gasteiger partial charge >= 0.3 is 0 Å². The third-order valence-corrected chi connectivity index (χ3v) is 4.33. The summed E-state index contributed by atoms with van der Waals surface area (Å²) >= 11 is 6.07. The molecular weight excluding hydrogens is 398 g/mol. The summed E-state index contributed by atoms with van der Waals surface area (Å²) < 4.78 is 12.0. The highest BCUT2D eigenvalue weighted by atomic mass is 35.5. The topological polar surface area (TPSA) is 111 Å². The molecule has 0 spiro atoms. The van der Waals surface area contributed by atoms with Crippen molar-refractivity contribution in [3.8, 4) is 17.2 Å². The highest BCUT2D eigenvalue weighted by Crippen LogP contribution is 2.35. The van der Waals surface area contributed by atoms with Gasteiger partial charge in [-0.1, -0.05) is 16.8 Å². The molecular formula is C19H20ClN5O4. The van der Waals surface area contributed by atoms with Crippen molar-refractivity contribution in [3.05, 3.63) is 53.3 Å². The zero-order valence-corrected chi connectivity index (χ0v) is 16.6. The Morgan fingerprint density at radius 3 is 2.52 bits per heavy atom. The summed E-state index contributed by atoms with van der Waals surface area (Å²) in [4.78, 5) is 12.3. The van der Waals surface area contributed by atoms with Crippen LogP contribution in [-0.2, 0) is 11.4 Å². The Bertz CT molecular complexity index is 991. The molecule has 0 saturated heterocycles. The number of amides is 1. The minimum atomic E-state index is -0.263. The van der Waals surface area contributed by atoms with Crippen LogP contribution in [0, 0.1) is 0 Å². The smallest absolute Gasteiger partial charge is 0.243 e. The number of nitrogens with one attached hydrogen (secondary N) is 2. The molecule has 0 atom stereocenters. The average Bonchev–Trinajstić information content (AvgIpc) is 3.23. The van der Waals surface area contributed by atoms with Gasteiger partial charge in [0, 0.05) is 17.8 Å². The van der Waals surface area contributed by atoms with Crippen molar-refractivity contribution in [2.24, 2.45) is 0 Å². The number of aliphatic hydroxyl groups is 1. The highest BCUT2D eigenvalue weighted by molar-refractivity contribution is 6.32. The fourth-order valence-electron chi connectivity index (χ4n) is 2.56. The van der Waals surface area contributed by atoms with Crippen LogP contribution < -0.4 is 20.1 Å². The molecule has 0 aliphatic rings. The van der Waals surface area contributed by atoms with Crippen LogP contribution in [-0.4, -0.2) is 46.8 Å². The zero-order valence-electron chi connectivity index (χ0n) is 15.8. The number of carbonyl (C=O) groups is 1. The van der Waals surface area contributed by atoms with Gasteiger partial charge in [-0.05, 0) is 24.3 Å². The summed E-state index contributed by atoms with van der Waals surface area (Å²) in [6, 6.07) is 10.5. The number of halogens is 1. The number of rotatable bonds is 8. The summed E-state index contributed by atoms with van der Waals surface area (Å²) in [5, 5.41) is 23.0. The van der Waals surface area contributed by atoms with E-state index in [4.69, 9.17) is 26.2 Å². The van der Waals surface area contributed by atoms with E-state index in [1.54, 1.807) is 23.0 Å². The van der Waals surface area contributed by atoms with E-state index in [0.717, 1.165) is 11.4 Å². The van der Waals surface area contributed by atoms with Gasteiger partial charge in [-0.15, -0.1) is 5.10 Å². The average molecular weight is 418 g/mol. The standard InChI is InChI=1S/C19H20ClN5O4/c1-28-17-8-16(18(29-2)7-15(17)20)22-19(27)9-21-12-3-5-14(6-4-12)25-10-13(11-26)23-24-25/h3-8,10,21,26H,9,11H2,1-2H3,(H,22,27). The van der Waals surface area contributed by atoms with Crippen molar-refractivity contribution in [3.63, 3.8) is 0 Å². The first-order valence-corrected chi connectivity index (χ1v) is 8.99. The van der Waals surface area contributed by atoms with Crippen molar-refractivity contribution >= 4 is 28.9 Å². The van der Waals surface area contributed by atoms with Crippen LogP contribution in [0.2, 0.25) is 5.02 Å². The normalized spacial score (nSPS) is 10.5.